The molecule has 0 spiro atoms. The summed E-state index contributed by atoms with van der Waals surface area (Å²) in [7, 11) is 0. The molecule has 1 aromatic carbocycles. The lowest BCUT2D eigenvalue weighted by atomic mass is 10.2. The van der Waals surface area contributed by atoms with Crippen LogP contribution in [0.3, 0.4) is 0 Å². The first kappa shape index (κ1) is 12.3. The lowest BCUT2D eigenvalue weighted by Crippen LogP contribution is -2.02. The third kappa shape index (κ3) is 2.35. The molecule has 2 N–H and O–H groups in total. The van der Waals surface area contributed by atoms with Gasteiger partial charge in [0.15, 0.2) is 11.6 Å². The fourth-order valence-corrected chi connectivity index (χ4v) is 2.00. The molecule has 0 unspecified atom stereocenters. The predicted molar refractivity (Wildman–Crippen MR) is 76.3 cm³/mol. The lowest BCUT2D eigenvalue weighted by molar-refractivity contribution is 0.823. The van der Waals surface area contributed by atoms with Crippen LogP contribution in [0.2, 0.25) is 0 Å². The van der Waals surface area contributed by atoms with E-state index in [1.165, 1.54) is 0 Å². The molecular weight excluding hydrogens is 252 g/mol. The van der Waals surface area contributed by atoms with E-state index >= 15 is 0 Å². The Morgan fingerprint density at radius 1 is 1.10 bits per heavy atom. The molecule has 0 aliphatic heterocycles. The van der Waals surface area contributed by atoms with E-state index in [0.717, 1.165) is 11.3 Å². The molecule has 6 nitrogen and oxygen atoms in total. The largest absolute Gasteiger partial charge is 0.399 e. The lowest BCUT2D eigenvalue weighted by Gasteiger charge is -2.02. The zero-order valence-electron chi connectivity index (χ0n) is 11.3. The normalized spacial score (nSPS) is 10.7. The minimum absolute atomic E-state index is 0.617. The molecule has 3 aromatic rings. The van der Waals surface area contributed by atoms with Crippen molar-refractivity contribution in [1.82, 2.24) is 24.7 Å². The number of rotatable bonds is 2. The van der Waals surface area contributed by atoms with E-state index in [2.05, 4.69) is 20.1 Å². The van der Waals surface area contributed by atoms with Crippen molar-refractivity contribution in [1.29, 1.82) is 0 Å². The SMILES string of the molecule is Cc1cc(-n2cnc(-c3cccc(N)c3)n2)nc(C)n1. The van der Waals surface area contributed by atoms with E-state index < -0.39 is 0 Å². The second-order valence-electron chi connectivity index (χ2n) is 4.55. The van der Waals surface area contributed by atoms with E-state index in [9.17, 15) is 0 Å². The van der Waals surface area contributed by atoms with Gasteiger partial charge in [0.1, 0.15) is 12.2 Å². The number of benzene rings is 1. The molecule has 0 saturated carbocycles. The van der Waals surface area contributed by atoms with E-state index in [1.54, 1.807) is 11.0 Å². The highest BCUT2D eigenvalue weighted by Crippen LogP contribution is 2.18. The second-order valence-corrected chi connectivity index (χ2v) is 4.55. The summed E-state index contributed by atoms with van der Waals surface area (Å²) in [5, 5.41) is 4.43. The maximum atomic E-state index is 5.77. The van der Waals surface area contributed by atoms with Crippen LogP contribution in [0.5, 0.6) is 0 Å². The van der Waals surface area contributed by atoms with Crippen LogP contribution in [-0.2, 0) is 0 Å². The summed E-state index contributed by atoms with van der Waals surface area (Å²) in [6.07, 6.45) is 1.64. The molecule has 0 amide bonds. The van der Waals surface area contributed by atoms with Crippen molar-refractivity contribution >= 4 is 5.69 Å². The van der Waals surface area contributed by atoms with Crippen molar-refractivity contribution < 1.29 is 0 Å². The van der Waals surface area contributed by atoms with Crippen LogP contribution in [0.15, 0.2) is 36.7 Å². The van der Waals surface area contributed by atoms with Crippen molar-refractivity contribution in [3.05, 3.63) is 48.2 Å². The number of aryl methyl sites for hydroxylation is 2. The van der Waals surface area contributed by atoms with Gasteiger partial charge in [0, 0.05) is 23.0 Å². The Morgan fingerprint density at radius 2 is 1.95 bits per heavy atom. The smallest absolute Gasteiger partial charge is 0.181 e. The van der Waals surface area contributed by atoms with E-state index in [4.69, 9.17) is 5.73 Å². The molecule has 0 radical (unpaired) electrons. The van der Waals surface area contributed by atoms with Gasteiger partial charge >= 0.3 is 0 Å². The Morgan fingerprint density at radius 3 is 2.70 bits per heavy atom. The Bertz CT molecular complexity index is 742. The third-order valence-corrected chi connectivity index (χ3v) is 2.82. The first-order valence-corrected chi connectivity index (χ1v) is 6.22. The first-order chi connectivity index (χ1) is 9.61. The fraction of sp³-hybridized carbons (Fsp3) is 0.143. The highest BCUT2D eigenvalue weighted by Gasteiger charge is 2.07. The molecule has 20 heavy (non-hydrogen) atoms. The number of hydrogen-bond acceptors (Lipinski definition) is 5. The fourth-order valence-electron chi connectivity index (χ4n) is 2.00. The molecular formula is C14H14N6. The van der Waals surface area contributed by atoms with Gasteiger partial charge in [-0.3, -0.25) is 0 Å². The molecule has 0 fully saturated rings. The van der Waals surface area contributed by atoms with Crippen molar-refractivity contribution in [2.45, 2.75) is 13.8 Å². The zero-order chi connectivity index (χ0) is 14.1. The van der Waals surface area contributed by atoms with Crippen LogP contribution in [-0.4, -0.2) is 24.7 Å². The van der Waals surface area contributed by atoms with Gasteiger partial charge in [-0.15, -0.1) is 5.10 Å². The summed E-state index contributed by atoms with van der Waals surface area (Å²) in [5.74, 6) is 2.03. The average molecular weight is 266 g/mol. The monoisotopic (exact) mass is 266 g/mol. The molecule has 0 aliphatic rings. The highest BCUT2D eigenvalue weighted by molar-refractivity contribution is 5.60. The molecule has 6 heteroatoms. The molecule has 100 valence electrons. The number of anilines is 1. The van der Waals surface area contributed by atoms with Gasteiger partial charge < -0.3 is 5.73 Å². The first-order valence-electron chi connectivity index (χ1n) is 6.22. The van der Waals surface area contributed by atoms with Crippen LogP contribution in [0.25, 0.3) is 17.2 Å². The average Bonchev–Trinajstić information content (AvgIpc) is 2.87. The number of aromatic nitrogens is 5. The molecule has 0 atom stereocenters. The number of nitrogens with two attached hydrogens (primary N) is 1. The zero-order valence-corrected chi connectivity index (χ0v) is 11.3. The number of hydrogen-bond donors (Lipinski definition) is 1. The van der Waals surface area contributed by atoms with Gasteiger partial charge in [-0.25, -0.2) is 19.6 Å². The number of nitrogen functional groups attached to an aromatic ring is 1. The Hall–Kier alpha value is -2.76. The second kappa shape index (κ2) is 4.73. The van der Waals surface area contributed by atoms with E-state index in [1.807, 2.05) is 44.2 Å². The van der Waals surface area contributed by atoms with Gasteiger partial charge in [0.05, 0.1) is 0 Å². The van der Waals surface area contributed by atoms with Crippen LogP contribution in [0.1, 0.15) is 11.5 Å². The van der Waals surface area contributed by atoms with Crippen molar-refractivity contribution in [3.63, 3.8) is 0 Å². The highest BCUT2D eigenvalue weighted by atomic mass is 15.4. The maximum absolute atomic E-state index is 5.77. The summed E-state index contributed by atoms with van der Waals surface area (Å²) >= 11 is 0. The van der Waals surface area contributed by atoms with Crippen LogP contribution < -0.4 is 5.73 Å². The van der Waals surface area contributed by atoms with Gasteiger partial charge in [0.25, 0.3) is 0 Å². The summed E-state index contributed by atoms with van der Waals surface area (Å²) in [4.78, 5) is 12.9. The van der Waals surface area contributed by atoms with Gasteiger partial charge in [-0.2, -0.15) is 0 Å². The molecule has 2 aromatic heterocycles. The van der Waals surface area contributed by atoms with Crippen molar-refractivity contribution in [2.24, 2.45) is 0 Å². The predicted octanol–water partition coefficient (Wildman–Crippen LogP) is 1.92. The van der Waals surface area contributed by atoms with Gasteiger partial charge in [-0.1, -0.05) is 12.1 Å². The minimum atomic E-state index is 0.617. The van der Waals surface area contributed by atoms with E-state index in [-0.39, 0.29) is 0 Å². The summed E-state index contributed by atoms with van der Waals surface area (Å²) < 4.78 is 1.64. The van der Waals surface area contributed by atoms with Crippen LogP contribution in [0, 0.1) is 13.8 Å². The van der Waals surface area contributed by atoms with Crippen molar-refractivity contribution in [3.8, 4) is 17.2 Å². The topological polar surface area (TPSA) is 82.5 Å². The summed E-state index contributed by atoms with van der Waals surface area (Å²) in [6, 6.07) is 9.34. The maximum Gasteiger partial charge on any atom is 0.181 e. The Balaban J connectivity index is 2.02. The number of nitrogens with zero attached hydrogens (tertiary/aromatic N) is 5. The standard InChI is InChI=1S/C14H14N6/c1-9-6-13(18-10(2)17-9)20-8-16-14(19-20)11-4-3-5-12(15)7-11/h3-8H,15H2,1-2H3. The minimum Gasteiger partial charge on any atom is -0.399 e. The van der Waals surface area contributed by atoms with Gasteiger partial charge in [0.2, 0.25) is 0 Å². The van der Waals surface area contributed by atoms with Crippen molar-refractivity contribution in [2.75, 3.05) is 5.73 Å². The molecule has 2 heterocycles. The summed E-state index contributed by atoms with van der Waals surface area (Å²) in [6.45, 7) is 3.78. The molecule has 3 rings (SSSR count). The van der Waals surface area contributed by atoms with E-state index in [0.29, 0.717) is 23.2 Å². The van der Waals surface area contributed by atoms with Gasteiger partial charge in [-0.05, 0) is 26.0 Å². The molecule has 0 aliphatic carbocycles. The Labute approximate surface area is 116 Å². The van der Waals surface area contributed by atoms with Crippen LogP contribution >= 0.6 is 0 Å². The van der Waals surface area contributed by atoms with Crippen LogP contribution in [0.4, 0.5) is 5.69 Å². The summed E-state index contributed by atoms with van der Waals surface area (Å²) in [5.41, 5.74) is 8.24. The quantitative estimate of drug-likeness (QED) is 0.716. The molecule has 0 saturated heterocycles. The third-order valence-electron chi connectivity index (χ3n) is 2.82. The molecule has 0 bridgehead atoms. The Kier molecular flexibility index (Phi) is 2.90.